The Bertz CT molecular complexity index is 604. The molecule has 0 atom stereocenters. The van der Waals surface area contributed by atoms with Crippen molar-refractivity contribution in [2.24, 2.45) is 0 Å². The summed E-state index contributed by atoms with van der Waals surface area (Å²) in [5.41, 5.74) is 2.55. The molecular weight excluding hydrogens is 256 g/mol. The zero-order valence-corrected chi connectivity index (χ0v) is 10.7. The summed E-state index contributed by atoms with van der Waals surface area (Å²) in [7, 11) is 0. The van der Waals surface area contributed by atoms with Crippen LogP contribution in [0.2, 0.25) is 0 Å². The molecule has 0 saturated carbocycles. The zero-order valence-electron chi connectivity index (χ0n) is 10.7. The number of fused-ring (bicyclic) bond motifs is 6. The molecule has 100 valence electrons. The van der Waals surface area contributed by atoms with Crippen molar-refractivity contribution in [2.45, 2.75) is 13.2 Å². The number of carbonyl (C=O) groups is 2. The summed E-state index contributed by atoms with van der Waals surface area (Å²) in [6, 6.07) is 13.7. The molecule has 0 aromatic heterocycles. The molecule has 20 heavy (non-hydrogen) atoms. The van der Waals surface area contributed by atoms with Crippen LogP contribution in [0.15, 0.2) is 48.5 Å². The van der Waals surface area contributed by atoms with Crippen molar-refractivity contribution >= 4 is 11.9 Å². The Kier molecular flexibility index (Phi) is 3.21. The molecule has 4 bridgehead atoms. The van der Waals surface area contributed by atoms with Crippen LogP contribution in [0.3, 0.4) is 0 Å². The van der Waals surface area contributed by atoms with E-state index in [1.807, 2.05) is 24.3 Å². The second-order valence-corrected chi connectivity index (χ2v) is 4.55. The minimum Gasteiger partial charge on any atom is -0.457 e. The predicted octanol–water partition coefficient (Wildman–Crippen LogP) is 2.71. The molecule has 0 aliphatic carbocycles. The highest BCUT2D eigenvalue weighted by Crippen LogP contribution is 2.14. The van der Waals surface area contributed by atoms with Crippen molar-refractivity contribution in [3.8, 4) is 0 Å². The Hall–Kier alpha value is -2.62. The second-order valence-electron chi connectivity index (χ2n) is 4.55. The van der Waals surface area contributed by atoms with Gasteiger partial charge in [0.05, 0.1) is 11.1 Å². The molecule has 0 radical (unpaired) electrons. The smallest absolute Gasteiger partial charge is 0.338 e. The van der Waals surface area contributed by atoms with E-state index in [1.54, 1.807) is 24.3 Å². The van der Waals surface area contributed by atoms with Crippen molar-refractivity contribution in [1.82, 2.24) is 0 Å². The normalized spacial score (nSPS) is 14.6. The van der Waals surface area contributed by atoms with Crippen LogP contribution in [-0.2, 0) is 22.7 Å². The number of carbonyl (C=O) groups excluding carboxylic acids is 2. The van der Waals surface area contributed by atoms with E-state index in [0.29, 0.717) is 11.1 Å². The monoisotopic (exact) mass is 268 g/mol. The van der Waals surface area contributed by atoms with E-state index >= 15 is 0 Å². The van der Waals surface area contributed by atoms with E-state index in [4.69, 9.17) is 9.47 Å². The minimum atomic E-state index is -0.408. The fraction of sp³-hybridized carbons (Fsp3) is 0.125. The van der Waals surface area contributed by atoms with Gasteiger partial charge < -0.3 is 9.47 Å². The topological polar surface area (TPSA) is 52.6 Å². The molecule has 4 nitrogen and oxygen atoms in total. The Balaban J connectivity index is 1.97. The van der Waals surface area contributed by atoms with Gasteiger partial charge in [0.2, 0.25) is 0 Å². The first kappa shape index (κ1) is 12.4. The Morgan fingerprint density at radius 3 is 1.60 bits per heavy atom. The third-order valence-corrected chi connectivity index (χ3v) is 3.09. The molecule has 0 fully saturated rings. The molecular formula is C16H12O4. The lowest BCUT2D eigenvalue weighted by atomic mass is 10.1. The zero-order chi connectivity index (χ0) is 13.9. The van der Waals surface area contributed by atoms with Gasteiger partial charge >= 0.3 is 11.9 Å². The number of benzene rings is 2. The standard InChI is InChI=1S/C16H12O4/c17-15-13-4-6-14(7-5-13)16(18)20-10-12-3-1-2-11(8-12)9-19-15/h1-8H,9-10H2. The molecule has 0 N–H and O–H groups in total. The fourth-order valence-electron chi connectivity index (χ4n) is 2.02. The molecule has 4 rings (SSSR count). The van der Waals surface area contributed by atoms with Crippen LogP contribution >= 0.6 is 0 Å². The Morgan fingerprint density at radius 1 is 0.700 bits per heavy atom. The van der Waals surface area contributed by atoms with Crippen molar-refractivity contribution in [3.05, 3.63) is 70.8 Å². The van der Waals surface area contributed by atoms with Crippen molar-refractivity contribution in [2.75, 3.05) is 0 Å². The van der Waals surface area contributed by atoms with E-state index in [-0.39, 0.29) is 13.2 Å². The average Bonchev–Trinajstić information content (AvgIpc) is 2.51. The quantitative estimate of drug-likeness (QED) is 0.689. The summed E-state index contributed by atoms with van der Waals surface area (Å²) in [4.78, 5) is 23.7. The maximum Gasteiger partial charge on any atom is 0.338 e. The van der Waals surface area contributed by atoms with Crippen LogP contribution in [-0.4, -0.2) is 11.9 Å². The molecule has 2 aromatic carbocycles. The van der Waals surface area contributed by atoms with Gasteiger partial charge in [0, 0.05) is 0 Å². The number of ether oxygens (including phenoxy) is 2. The van der Waals surface area contributed by atoms with Crippen LogP contribution in [0, 0.1) is 0 Å². The van der Waals surface area contributed by atoms with Gasteiger partial charge in [-0.15, -0.1) is 0 Å². The van der Waals surface area contributed by atoms with Gasteiger partial charge in [0.1, 0.15) is 13.2 Å². The lowest BCUT2D eigenvalue weighted by molar-refractivity contribution is 0.0466. The van der Waals surface area contributed by atoms with E-state index in [9.17, 15) is 9.59 Å². The van der Waals surface area contributed by atoms with E-state index in [0.717, 1.165) is 11.1 Å². The number of hydrogen-bond donors (Lipinski definition) is 0. The fourth-order valence-corrected chi connectivity index (χ4v) is 2.02. The molecule has 0 spiro atoms. The van der Waals surface area contributed by atoms with Crippen molar-refractivity contribution in [1.29, 1.82) is 0 Å². The summed E-state index contributed by atoms with van der Waals surface area (Å²) in [6.07, 6.45) is 0. The van der Waals surface area contributed by atoms with E-state index in [1.165, 1.54) is 0 Å². The first-order valence-corrected chi connectivity index (χ1v) is 6.24. The van der Waals surface area contributed by atoms with Crippen LogP contribution in [0.25, 0.3) is 0 Å². The largest absolute Gasteiger partial charge is 0.457 e. The second kappa shape index (κ2) is 5.17. The van der Waals surface area contributed by atoms with Gasteiger partial charge in [-0.1, -0.05) is 18.2 Å². The molecule has 2 heterocycles. The number of rotatable bonds is 0. The van der Waals surface area contributed by atoms with Gasteiger partial charge in [-0.2, -0.15) is 0 Å². The van der Waals surface area contributed by atoms with Crippen molar-refractivity contribution < 1.29 is 19.1 Å². The predicted molar refractivity (Wildman–Crippen MR) is 71.1 cm³/mol. The average molecular weight is 268 g/mol. The van der Waals surface area contributed by atoms with Crippen LogP contribution < -0.4 is 0 Å². The first-order valence-electron chi connectivity index (χ1n) is 6.24. The first-order chi connectivity index (χ1) is 9.72. The molecule has 0 saturated heterocycles. The Morgan fingerprint density at radius 2 is 1.15 bits per heavy atom. The van der Waals surface area contributed by atoms with Gasteiger partial charge in [-0.25, -0.2) is 9.59 Å². The maximum absolute atomic E-state index is 11.9. The summed E-state index contributed by atoms with van der Waals surface area (Å²) >= 11 is 0. The molecule has 0 unspecified atom stereocenters. The van der Waals surface area contributed by atoms with Gasteiger partial charge in [-0.3, -0.25) is 0 Å². The lowest BCUT2D eigenvalue weighted by Crippen LogP contribution is -2.06. The van der Waals surface area contributed by atoms with Crippen LogP contribution in [0.1, 0.15) is 31.8 Å². The highest BCUT2D eigenvalue weighted by molar-refractivity contribution is 5.93. The van der Waals surface area contributed by atoms with Gasteiger partial charge in [0.25, 0.3) is 0 Å². The summed E-state index contributed by atoms with van der Waals surface area (Å²) in [6.45, 7) is 0.394. The SMILES string of the molecule is O=C1OCc2cccc(c2)COC(=O)c2ccc1cc2. The summed E-state index contributed by atoms with van der Waals surface area (Å²) in [5, 5.41) is 0. The molecule has 4 heteroatoms. The van der Waals surface area contributed by atoms with Gasteiger partial charge in [-0.05, 0) is 41.5 Å². The third kappa shape index (κ3) is 2.54. The number of hydrogen-bond acceptors (Lipinski definition) is 4. The number of esters is 2. The highest BCUT2D eigenvalue weighted by Gasteiger charge is 2.12. The maximum atomic E-state index is 11.9. The minimum absolute atomic E-state index is 0.197. The van der Waals surface area contributed by atoms with Gasteiger partial charge in [0.15, 0.2) is 0 Å². The van der Waals surface area contributed by atoms with E-state index < -0.39 is 11.9 Å². The van der Waals surface area contributed by atoms with Crippen LogP contribution in [0.5, 0.6) is 0 Å². The Labute approximate surface area is 115 Å². The summed E-state index contributed by atoms with van der Waals surface area (Å²) in [5.74, 6) is -0.816. The summed E-state index contributed by atoms with van der Waals surface area (Å²) < 4.78 is 10.5. The molecule has 2 aliphatic rings. The van der Waals surface area contributed by atoms with Crippen molar-refractivity contribution in [3.63, 3.8) is 0 Å². The van der Waals surface area contributed by atoms with Crippen LogP contribution in [0.4, 0.5) is 0 Å². The lowest BCUT2D eigenvalue weighted by Gasteiger charge is -2.06. The third-order valence-electron chi connectivity index (χ3n) is 3.09. The molecule has 2 aliphatic heterocycles. The molecule has 0 amide bonds. The molecule has 2 aromatic rings. The highest BCUT2D eigenvalue weighted by atomic mass is 16.5. The van der Waals surface area contributed by atoms with E-state index in [2.05, 4.69) is 0 Å².